The molecule has 0 saturated carbocycles. The summed E-state index contributed by atoms with van der Waals surface area (Å²) in [4.78, 5) is 17.3. The predicted molar refractivity (Wildman–Crippen MR) is 124 cm³/mol. The maximum absolute atomic E-state index is 12.7. The van der Waals surface area contributed by atoms with Gasteiger partial charge in [0.05, 0.1) is 21.3 Å². The van der Waals surface area contributed by atoms with Gasteiger partial charge >= 0.3 is 0 Å². The molecule has 2 atom stereocenters. The maximum atomic E-state index is 12.7. The summed E-state index contributed by atoms with van der Waals surface area (Å²) in [6.45, 7) is 4.11. The number of nitrogens with one attached hydrogen (secondary N) is 1. The zero-order chi connectivity index (χ0) is 23.8. The standard InChI is InChI=1S/C25H31N3O5/c1-6-16(2)22(26-21(29)13-12-17-10-8-7-9-11-17)25-27-24(28-33-25)18-14-19(30-3)23(32-5)20(15-18)31-4/h7-11,14-16,22H,6,12-13H2,1-5H3,(H,26,29). The van der Waals surface area contributed by atoms with Crippen LogP contribution in [-0.2, 0) is 11.2 Å². The van der Waals surface area contributed by atoms with Gasteiger partial charge in [-0.2, -0.15) is 4.98 Å². The van der Waals surface area contributed by atoms with Gasteiger partial charge in [0.15, 0.2) is 11.5 Å². The molecule has 3 rings (SSSR count). The van der Waals surface area contributed by atoms with Gasteiger partial charge in [0.25, 0.3) is 0 Å². The summed E-state index contributed by atoms with van der Waals surface area (Å²) in [5.74, 6) is 2.25. The van der Waals surface area contributed by atoms with Crippen molar-refractivity contribution in [2.75, 3.05) is 21.3 Å². The Hall–Kier alpha value is -3.55. The van der Waals surface area contributed by atoms with Crippen molar-refractivity contribution in [2.24, 2.45) is 5.92 Å². The van der Waals surface area contributed by atoms with Crippen LogP contribution >= 0.6 is 0 Å². The molecule has 1 amide bonds. The van der Waals surface area contributed by atoms with Crippen molar-refractivity contribution in [3.8, 4) is 28.6 Å². The van der Waals surface area contributed by atoms with E-state index in [0.717, 1.165) is 12.0 Å². The van der Waals surface area contributed by atoms with E-state index >= 15 is 0 Å². The minimum Gasteiger partial charge on any atom is -0.493 e. The molecule has 8 nitrogen and oxygen atoms in total. The third-order valence-corrected chi connectivity index (χ3v) is 5.64. The van der Waals surface area contributed by atoms with Crippen molar-refractivity contribution in [1.29, 1.82) is 0 Å². The summed E-state index contributed by atoms with van der Waals surface area (Å²) < 4.78 is 21.8. The second-order valence-electron chi connectivity index (χ2n) is 7.79. The summed E-state index contributed by atoms with van der Waals surface area (Å²) in [5, 5.41) is 7.22. The Morgan fingerprint density at radius 3 is 2.30 bits per heavy atom. The maximum Gasteiger partial charge on any atom is 0.249 e. The van der Waals surface area contributed by atoms with E-state index < -0.39 is 0 Å². The third kappa shape index (κ3) is 5.83. The van der Waals surface area contributed by atoms with Gasteiger partial charge < -0.3 is 24.1 Å². The summed E-state index contributed by atoms with van der Waals surface area (Å²) in [7, 11) is 4.64. The van der Waals surface area contributed by atoms with E-state index in [1.165, 1.54) is 0 Å². The van der Waals surface area contributed by atoms with Crippen molar-refractivity contribution in [3.63, 3.8) is 0 Å². The highest BCUT2D eigenvalue weighted by atomic mass is 16.5. The van der Waals surface area contributed by atoms with Crippen LogP contribution in [0.5, 0.6) is 17.2 Å². The van der Waals surface area contributed by atoms with E-state index in [9.17, 15) is 4.79 Å². The van der Waals surface area contributed by atoms with Gasteiger partial charge in [0, 0.05) is 12.0 Å². The molecule has 1 aromatic heterocycles. The van der Waals surface area contributed by atoms with E-state index in [0.29, 0.717) is 47.4 Å². The van der Waals surface area contributed by atoms with Crippen LogP contribution in [0.1, 0.15) is 44.2 Å². The van der Waals surface area contributed by atoms with Crippen LogP contribution in [0, 0.1) is 5.92 Å². The van der Waals surface area contributed by atoms with Crippen LogP contribution in [0.4, 0.5) is 0 Å². The summed E-state index contributed by atoms with van der Waals surface area (Å²) in [6.07, 6.45) is 1.89. The fourth-order valence-corrected chi connectivity index (χ4v) is 3.52. The zero-order valence-electron chi connectivity index (χ0n) is 19.8. The molecule has 2 aromatic carbocycles. The van der Waals surface area contributed by atoms with Crippen molar-refractivity contribution < 1.29 is 23.5 Å². The Balaban J connectivity index is 1.80. The number of rotatable bonds is 11. The largest absolute Gasteiger partial charge is 0.493 e. The quantitative estimate of drug-likeness (QED) is 0.453. The summed E-state index contributed by atoms with van der Waals surface area (Å²) >= 11 is 0. The average Bonchev–Trinajstić information content (AvgIpc) is 3.35. The fourth-order valence-electron chi connectivity index (χ4n) is 3.52. The number of aromatic nitrogens is 2. The topological polar surface area (TPSA) is 95.7 Å². The van der Waals surface area contributed by atoms with Crippen molar-refractivity contribution in [2.45, 2.75) is 39.2 Å². The Morgan fingerprint density at radius 2 is 1.73 bits per heavy atom. The van der Waals surface area contributed by atoms with Gasteiger partial charge in [-0.3, -0.25) is 4.79 Å². The molecule has 1 N–H and O–H groups in total. The van der Waals surface area contributed by atoms with Crippen LogP contribution in [0.3, 0.4) is 0 Å². The lowest BCUT2D eigenvalue weighted by molar-refractivity contribution is -0.122. The molecule has 0 fully saturated rings. The van der Waals surface area contributed by atoms with Gasteiger partial charge in [-0.1, -0.05) is 55.8 Å². The molecule has 8 heteroatoms. The Bertz CT molecular complexity index is 1030. The molecule has 0 aliphatic rings. The highest BCUT2D eigenvalue weighted by Gasteiger charge is 2.27. The summed E-state index contributed by atoms with van der Waals surface area (Å²) in [5.41, 5.74) is 1.77. The Kier molecular flexibility index (Phi) is 8.29. The second kappa shape index (κ2) is 11.4. The minimum absolute atomic E-state index is 0.0586. The molecule has 176 valence electrons. The molecule has 0 aliphatic carbocycles. The van der Waals surface area contributed by atoms with Crippen LogP contribution in [0.25, 0.3) is 11.4 Å². The van der Waals surface area contributed by atoms with Crippen molar-refractivity contribution in [1.82, 2.24) is 15.5 Å². The number of carbonyl (C=O) groups is 1. The van der Waals surface area contributed by atoms with E-state index in [1.807, 2.05) is 37.3 Å². The highest BCUT2D eigenvalue weighted by Crippen LogP contribution is 2.40. The van der Waals surface area contributed by atoms with Gasteiger partial charge in [0.2, 0.25) is 23.4 Å². The molecule has 0 radical (unpaired) electrons. The lowest BCUT2D eigenvalue weighted by Crippen LogP contribution is -2.32. The molecule has 0 saturated heterocycles. The molecule has 2 unspecified atom stereocenters. The molecule has 0 bridgehead atoms. The predicted octanol–water partition coefficient (Wildman–Crippen LogP) is 4.60. The van der Waals surface area contributed by atoms with E-state index in [-0.39, 0.29) is 17.9 Å². The number of amides is 1. The Morgan fingerprint density at radius 1 is 1.06 bits per heavy atom. The SMILES string of the molecule is CCC(C)C(NC(=O)CCc1ccccc1)c1nc(-c2cc(OC)c(OC)c(OC)c2)no1. The number of hydrogen-bond acceptors (Lipinski definition) is 7. The van der Waals surface area contributed by atoms with Crippen molar-refractivity contribution >= 4 is 5.91 Å². The normalized spacial score (nSPS) is 12.6. The third-order valence-electron chi connectivity index (χ3n) is 5.64. The van der Waals surface area contributed by atoms with Crippen LogP contribution < -0.4 is 19.5 Å². The number of ether oxygens (including phenoxy) is 3. The number of nitrogens with zero attached hydrogens (tertiary/aromatic N) is 2. The van der Waals surface area contributed by atoms with E-state index in [1.54, 1.807) is 33.5 Å². The number of methoxy groups -OCH3 is 3. The number of carbonyl (C=O) groups excluding carboxylic acids is 1. The molecule has 3 aromatic rings. The van der Waals surface area contributed by atoms with E-state index in [4.69, 9.17) is 18.7 Å². The molecular weight excluding hydrogens is 422 g/mol. The zero-order valence-corrected chi connectivity index (χ0v) is 19.8. The monoisotopic (exact) mass is 453 g/mol. The van der Waals surface area contributed by atoms with Crippen LogP contribution in [0.2, 0.25) is 0 Å². The van der Waals surface area contributed by atoms with Crippen LogP contribution in [-0.4, -0.2) is 37.4 Å². The molecule has 0 aliphatic heterocycles. The smallest absolute Gasteiger partial charge is 0.249 e. The van der Waals surface area contributed by atoms with Crippen LogP contribution in [0.15, 0.2) is 47.0 Å². The lowest BCUT2D eigenvalue weighted by Gasteiger charge is -2.20. The first-order chi connectivity index (χ1) is 16.0. The average molecular weight is 454 g/mol. The van der Waals surface area contributed by atoms with Gasteiger partial charge in [-0.05, 0) is 30.0 Å². The Labute approximate surface area is 194 Å². The lowest BCUT2D eigenvalue weighted by atomic mass is 9.98. The molecule has 1 heterocycles. The molecular formula is C25H31N3O5. The number of aryl methyl sites for hydroxylation is 1. The van der Waals surface area contributed by atoms with Gasteiger partial charge in [-0.25, -0.2) is 0 Å². The first-order valence-electron chi connectivity index (χ1n) is 11.0. The minimum atomic E-state index is -0.387. The molecule has 0 spiro atoms. The highest BCUT2D eigenvalue weighted by molar-refractivity contribution is 5.76. The summed E-state index contributed by atoms with van der Waals surface area (Å²) in [6, 6.07) is 13.1. The van der Waals surface area contributed by atoms with E-state index in [2.05, 4.69) is 22.4 Å². The number of benzene rings is 2. The second-order valence-corrected chi connectivity index (χ2v) is 7.79. The van der Waals surface area contributed by atoms with Gasteiger partial charge in [0.1, 0.15) is 6.04 Å². The molecule has 33 heavy (non-hydrogen) atoms. The van der Waals surface area contributed by atoms with Crippen molar-refractivity contribution in [3.05, 3.63) is 53.9 Å². The fraction of sp³-hybridized carbons (Fsp3) is 0.400. The first-order valence-corrected chi connectivity index (χ1v) is 11.0. The first kappa shape index (κ1) is 24.1. The number of hydrogen-bond donors (Lipinski definition) is 1. The van der Waals surface area contributed by atoms with Gasteiger partial charge in [-0.15, -0.1) is 0 Å².